The topological polar surface area (TPSA) is 20.2 Å². The highest BCUT2D eigenvalue weighted by Crippen LogP contribution is 2.31. The van der Waals surface area contributed by atoms with Crippen molar-refractivity contribution in [2.75, 3.05) is 0 Å². The molecule has 0 amide bonds. The van der Waals surface area contributed by atoms with Crippen molar-refractivity contribution in [3.8, 4) is 0 Å². The minimum Gasteiger partial charge on any atom is -0.393 e. The van der Waals surface area contributed by atoms with Crippen LogP contribution in [0.2, 0.25) is 0 Å². The molecular formula is C14H22O. The van der Waals surface area contributed by atoms with Gasteiger partial charge in [-0.3, -0.25) is 0 Å². The van der Waals surface area contributed by atoms with Crippen LogP contribution in [0, 0.1) is 13.8 Å². The summed E-state index contributed by atoms with van der Waals surface area (Å²) >= 11 is 0. The van der Waals surface area contributed by atoms with Crippen molar-refractivity contribution in [3.63, 3.8) is 0 Å². The van der Waals surface area contributed by atoms with Gasteiger partial charge in [-0.15, -0.1) is 0 Å². The van der Waals surface area contributed by atoms with E-state index in [1.54, 1.807) is 0 Å². The summed E-state index contributed by atoms with van der Waals surface area (Å²) in [5, 5.41) is 9.51. The lowest BCUT2D eigenvalue weighted by atomic mass is 9.77. The maximum Gasteiger partial charge on any atom is 0.0520 e. The zero-order valence-corrected chi connectivity index (χ0v) is 10.5. The van der Waals surface area contributed by atoms with E-state index >= 15 is 0 Å². The van der Waals surface area contributed by atoms with Gasteiger partial charge in [-0.2, -0.15) is 0 Å². The molecule has 0 spiro atoms. The van der Waals surface area contributed by atoms with Gasteiger partial charge in [0.25, 0.3) is 0 Å². The fourth-order valence-electron chi connectivity index (χ4n) is 2.33. The van der Waals surface area contributed by atoms with E-state index in [2.05, 4.69) is 45.9 Å². The Morgan fingerprint density at radius 2 is 1.87 bits per heavy atom. The average molecular weight is 206 g/mol. The van der Waals surface area contributed by atoms with Crippen molar-refractivity contribution >= 4 is 0 Å². The summed E-state index contributed by atoms with van der Waals surface area (Å²) < 4.78 is 0. The standard InChI is InChI=1S/C14H22O/c1-10-7-6-8-13(12(10)3)14(4,5)9-11(2)15/h6-8,11,15H,9H2,1-5H3. The largest absolute Gasteiger partial charge is 0.393 e. The quantitative estimate of drug-likeness (QED) is 0.804. The maximum atomic E-state index is 9.51. The molecule has 84 valence electrons. The molecule has 0 fully saturated rings. The first-order valence-electron chi connectivity index (χ1n) is 5.59. The molecule has 1 atom stereocenters. The van der Waals surface area contributed by atoms with Crippen LogP contribution < -0.4 is 0 Å². The molecule has 0 saturated carbocycles. The number of hydrogen-bond donors (Lipinski definition) is 1. The molecule has 0 aliphatic carbocycles. The van der Waals surface area contributed by atoms with E-state index in [0.29, 0.717) is 0 Å². The van der Waals surface area contributed by atoms with Gasteiger partial charge in [0.1, 0.15) is 0 Å². The first-order valence-corrected chi connectivity index (χ1v) is 5.59. The molecule has 1 aromatic rings. The summed E-state index contributed by atoms with van der Waals surface area (Å²) in [6.07, 6.45) is 0.553. The minimum absolute atomic E-state index is 0.0459. The smallest absolute Gasteiger partial charge is 0.0520 e. The average Bonchev–Trinajstić information content (AvgIpc) is 2.07. The van der Waals surface area contributed by atoms with E-state index in [0.717, 1.165) is 6.42 Å². The van der Waals surface area contributed by atoms with E-state index in [9.17, 15) is 5.11 Å². The normalized spacial score (nSPS) is 14.0. The summed E-state index contributed by atoms with van der Waals surface area (Å²) in [7, 11) is 0. The highest BCUT2D eigenvalue weighted by Gasteiger charge is 2.24. The Morgan fingerprint density at radius 3 is 2.40 bits per heavy atom. The number of aliphatic hydroxyl groups is 1. The van der Waals surface area contributed by atoms with Crippen LogP contribution >= 0.6 is 0 Å². The molecule has 1 aromatic carbocycles. The molecule has 1 nitrogen and oxygen atoms in total. The van der Waals surface area contributed by atoms with Crippen LogP contribution in [0.5, 0.6) is 0 Å². The molecule has 0 bridgehead atoms. The van der Waals surface area contributed by atoms with E-state index in [1.807, 2.05) is 6.92 Å². The van der Waals surface area contributed by atoms with Gasteiger partial charge in [-0.25, -0.2) is 0 Å². The monoisotopic (exact) mass is 206 g/mol. The molecule has 0 saturated heterocycles. The lowest BCUT2D eigenvalue weighted by molar-refractivity contribution is 0.156. The summed E-state index contributed by atoms with van der Waals surface area (Å²) in [5.41, 5.74) is 4.07. The van der Waals surface area contributed by atoms with Crippen molar-refractivity contribution in [2.45, 2.75) is 52.6 Å². The van der Waals surface area contributed by atoms with Crippen molar-refractivity contribution in [2.24, 2.45) is 0 Å². The Bertz CT molecular complexity index is 337. The highest BCUT2D eigenvalue weighted by molar-refractivity contribution is 5.37. The zero-order chi connectivity index (χ0) is 11.6. The molecule has 0 heterocycles. The Kier molecular flexibility index (Phi) is 3.56. The van der Waals surface area contributed by atoms with E-state index < -0.39 is 0 Å². The number of aryl methyl sites for hydroxylation is 1. The summed E-state index contributed by atoms with van der Waals surface area (Å²) in [4.78, 5) is 0. The molecule has 0 aliphatic heterocycles. The highest BCUT2D eigenvalue weighted by atomic mass is 16.3. The van der Waals surface area contributed by atoms with Crippen LogP contribution in [0.3, 0.4) is 0 Å². The van der Waals surface area contributed by atoms with Crippen LogP contribution in [-0.2, 0) is 5.41 Å². The molecule has 1 unspecified atom stereocenters. The maximum absolute atomic E-state index is 9.51. The number of hydrogen-bond acceptors (Lipinski definition) is 1. The third-order valence-corrected chi connectivity index (χ3v) is 3.14. The number of benzene rings is 1. The van der Waals surface area contributed by atoms with Gasteiger partial charge in [0.15, 0.2) is 0 Å². The summed E-state index contributed by atoms with van der Waals surface area (Å²) in [6.45, 7) is 10.5. The Labute approximate surface area is 93.1 Å². The first kappa shape index (κ1) is 12.3. The van der Waals surface area contributed by atoms with Crippen LogP contribution in [0.4, 0.5) is 0 Å². The van der Waals surface area contributed by atoms with Gasteiger partial charge in [-0.05, 0) is 49.3 Å². The Morgan fingerprint density at radius 1 is 1.27 bits per heavy atom. The lowest BCUT2D eigenvalue weighted by Crippen LogP contribution is -2.24. The molecular weight excluding hydrogens is 184 g/mol. The van der Waals surface area contributed by atoms with Crippen LogP contribution in [0.1, 0.15) is 43.9 Å². The van der Waals surface area contributed by atoms with Gasteiger partial charge >= 0.3 is 0 Å². The second-order valence-corrected chi connectivity index (χ2v) is 5.18. The lowest BCUT2D eigenvalue weighted by Gasteiger charge is -2.29. The third-order valence-electron chi connectivity index (χ3n) is 3.14. The molecule has 15 heavy (non-hydrogen) atoms. The fourth-order valence-corrected chi connectivity index (χ4v) is 2.33. The first-order chi connectivity index (χ1) is 6.84. The summed E-state index contributed by atoms with van der Waals surface area (Å²) in [6, 6.07) is 6.41. The van der Waals surface area contributed by atoms with Crippen molar-refractivity contribution in [3.05, 3.63) is 34.9 Å². The molecule has 1 N–H and O–H groups in total. The fraction of sp³-hybridized carbons (Fsp3) is 0.571. The van der Waals surface area contributed by atoms with E-state index in [4.69, 9.17) is 0 Å². The van der Waals surface area contributed by atoms with E-state index in [1.165, 1.54) is 16.7 Å². The van der Waals surface area contributed by atoms with Gasteiger partial charge in [0.2, 0.25) is 0 Å². The minimum atomic E-state index is -0.250. The number of rotatable bonds is 3. The Balaban J connectivity index is 3.09. The molecule has 0 aliphatic rings. The van der Waals surface area contributed by atoms with Gasteiger partial charge in [0.05, 0.1) is 6.10 Å². The molecule has 1 heteroatoms. The molecule has 0 radical (unpaired) electrons. The van der Waals surface area contributed by atoms with Crippen LogP contribution in [-0.4, -0.2) is 11.2 Å². The number of aliphatic hydroxyl groups excluding tert-OH is 1. The van der Waals surface area contributed by atoms with Crippen LogP contribution in [0.25, 0.3) is 0 Å². The predicted octanol–water partition coefficient (Wildman–Crippen LogP) is 3.35. The third kappa shape index (κ3) is 2.82. The van der Waals surface area contributed by atoms with Crippen molar-refractivity contribution < 1.29 is 5.11 Å². The van der Waals surface area contributed by atoms with Gasteiger partial charge in [0, 0.05) is 0 Å². The van der Waals surface area contributed by atoms with Gasteiger partial charge in [-0.1, -0.05) is 32.0 Å². The molecule has 0 aromatic heterocycles. The van der Waals surface area contributed by atoms with Crippen molar-refractivity contribution in [1.29, 1.82) is 0 Å². The van der Waals surface area contributed by atoms with Crippen LogP contribution in [0.15, 0.2) is 18.2 Å². The van der Waals surface area contributed by atoms with E-state index in [-0.39, 0.29) is 11.5 Å². The zero-order valence-electron chi connectivity index (χ0n) is 10.5. The van der Waals surface area contributed by atoms with Gasteiger partial charge < -0.3 is 5.11 Å². The Hall–Kier alpha value is -0.820. The molecule has 1 rings (SSSR count). The van der Waals surface area contributed by atoms with Crippen molar-refractivity contribution in [1.82, 2.24) is 0 Å². The SMILES string of the molecule is Cc1cccc(C(C)(C)CC(C)O)c1C. The second-order valence-electron chi connectivity index (χ2n) is 5.18. The summed E-state index contributed by atoms with van der Waals surface area (Å²) in [5.74, 6) is 0. The second kappa shape index (κ2) is 4.36. The predicted molar refractivity (Wildman–Crippen MR) is 65.2 cm³/mol.